The third kappa shape index (κ3) is 5.80. The van der Waals surface area contributed by atoms with E-state index in [4.69, 9.17) is 21.1 Å². The van der Waals surface area contributed by atoms with Crippen LogP contribution in [0.15, 0.2) is 54.6 Å². The molecule has 1 heterocycles. The summed E-state index contributed by atoms with van der Waals surface area (Å²) in [5, 5.41) is 26.1. The van der Waals surface area contributed by atoms with Crippen LogP contribution in [-0.4, -0.2) is 45.1 Å². The molecule has 0 amide bonds. The second-order valence-corrected chi connectivity index (χ2v) is 6.98. The number of non-ortho nitro benzene ring substituents is 1. The number of halogens is 1. The van der Waals surface area contributed by atoms with Crippen molar-refractivity contribution < 1.29 is 24.3 Å². The molecule has 10 heteroatoms. The third-order valence-corrected chi connectivity index (χ3v) is 4.53. The van der Waals surface area contributed by atoms with Crippen LogP contribution >= 0.6 is 11.6 Å². The molecular weight excluding hydrogens is 426 g/mol. The van der Waals surface area contributed by atoms with Crippen molar-refractivity contribution in [2.45, 2.75) is 19.6 Å². The molecule has 31 heavy (non-hydrogen) atoms. The maximum Gasteiger partial charge on any atom is 0.356 e. The van der Waals surface area contributed by atoms with Crippen LogP contribution in [-0.2, 0) is 11.3 Å². The van der Waals surface area contributed by atoms with Crippen LogP contribution in [0.1, 0.15) is 17.4 Å². The van der Waals surface area contributed by atoms with E-state index in [-0.39, 0.29) is 31.1 Å². The SMILES string of the molecule is CCOC(=O)c1cc(-c2ccc(Cl)cc2)nn1CC(O)COc1ccc([N+](=O)[O-])cc1. The molecule has 0 aliphatic rings. The first-order valence-electron chi connectivity index (χ1n) is 9.43. The van der Waals surface area contributed by atoms with Gasteiger partial charge in [0.05, 0.1) is 23.8 Å². The van der Waals surface area contributed by atoms with E-state index in [0.717, 1.165) is 5.56 Å². The van der Waals surface area contributed by atoms with E-state index < -0.39 is 17.0 Å². The number of esters is 1. The van der Waals surface area contributed by atoms with Crippen LogP contribution in [0, 0.1) is 10.1 Å². The second kappa shape index (κ2) is 10.1. The Balaban J connectivity index is 1.72. The van der Waals surface area contributed by atoms with Crippen LogP contribution in [0.3, 0.4) is 0 Å². The first kappa shape index (κ1) is 22.3. The van der Waals surface area contributed by atoms with E-state index in [1.54, 1.807) is 37.3 Å². The van der Waals surface area contributed by atoms with Gasteiger partial charge in [-0.15, -0.1) is 0 Å². The van der Waals surface area contributed by atoms with Gasteiger partial charge in [0.1, 0.15) is 24.2 Å². The van der Waals surface area contributed by atoms with Crippen molar-refractivity contribution in [1.82, 2.24) is 9.78 Å². The average Bonchev–Trinajstić information content (AvgIpc) is 3.17. The van der Waals surface area contributed by atoms with Gasteiger partial charge in [-0.25, -0.2) is 4.79 Å². The Hall–Kier alpha value is -3.43. The summed E-state index contributed by atoms with van der Waals surface area (Å²) in [6.07, 6.45) is -0.999. The van der Waals surface area contributed by atoms with Gasteiger partial charge in [-0.05, 0) is 37.3 Å². The highest BCUT2D eigenvalue weighted by molar-refractivity contribution is 6.30. The molecule has 162 valence electrons. The summed E-state index contributed by atoms with van der Waals surface area (Å²) < 4.78 is 11.9. The fourth-order valence-electron chi connectivity index (χ4n) is 2.80. The summed E-state index contributed by atoms with van der Waals surface area (Å²) in [4.78, 5) is 22.5. The number of nitrogens with zero attached hydrogens (tertiary/aromatic N) is 3. The lowest BCUT2D eigenvalue weighted by molar-refractivity contribution is -0.384. The number of hydrogen-bond acceptors (Lipinski definition) is 7. The van der Waals surface area contributed by atoms with Gasteiger partial charge < -0.3 is 14.6 Å². The van der Waals surface area contributed by atoms with Gasteiger partial charge in [-0.2, -0.15) is 5.10 Å². The van der Waals surface area contributed by atoms with E-state index in [1.165, 1.54) is 28.9 Å². The van der Waals surface area contributed by atoms with E-state index in [9.17, 15) is 20.0 Å². The summed E-state index contributed by atoms with van der Waals surface area (Å²) >= 11 is 5.93. The zero-order valence-electron chi connectivity index (χ0n) is 16.6. The Morgan fingerprint density at radius 1 is 1.23 bits per heavy atom. The maximum absolute atomic E-state index is 12.3. The van der Waals surface area contributed by atoms with Crippen LogP contribution < -0.4 is 4.74 Å². The molecule has 1 N–H and O–H groups in total. The Morgan fingerprint density at radius 3 is 2.52 bits per heavy atom. The number of aliphatic hydroxyl groups is 1. The molecule has 1 aromatic heterocycles. The fourth-order valence-corrected chi connectivity index (χ4v) is 2.92. The number of aromatic nitrogens is 2. The molecule has 0 saturated carbocycles. The lowest BCUT2D eigenvalue weighted by Gasteiger charge is -2.14. The second-order valence-electron chi connectivity index (χ2n) is 6.54. The largest absolute Gasteiger partial charge is 0.491 e. The molecule has 3 aromatic rings. The molecule has 0 fully saturated rings. The van der Waals surface area contributed by atoms with E-state index in [2.05, 4.69) is 5.10 Å². The van der Waals surface area contributed by atoms with Crippen molar-refractivity contribution in [1.29, 1.82) is 0 Å². The number of nitro groups is 1. The summed E-state index contributed by atoms with van der Waals surface area (Å²) in [7, 11) is 0. The predicted molar refractivity (Wildman–Crippen MR) is 113 cm³/mol. The maximum atomic E-state index is 12.3. The van der Waals surface area contributed by atoms with Crippen LogP contribution in [0.5, 0.6) is 5.75 Å². The summed E-state index contributed by atoms with van der Waals surface area (Å²) in [6, 6.07) is 14.1. The van der Waals surface area contributed by atoms with Gasteiger partial charge in [-0.3, -0.25) is 14.8 Å². The molecule has 1 unspecified atom stereocenters. The van der Waals surface area contributed by atoms with Crippen LogP contribution in [0.25, 0.3) is 11.3 Å². The normalized spacial score (nSPS) is 11.7. The van der Waals surface area contributed by atoms with E-state index >= 15 is 0 Å². The molecule has 0 spiro atoms. The van der Waals surface area contributed by atoms with E-state index in [1.807, 2.05) is 0 Å². The highest BCUT2D eigenvalue weighted by Gasteiger charge is 2.20. The Morgan fingerprint density at radius 2 is 1.90 bits per heavy atom. The van der Waals surface area contributed by atoms with E-state index in [0.29, 0.717) is 16.5 Å². The third-order valence-electron chi connectivity index (χ3n) is 4.28. The number of benzene rings is 2. The van der Waals surface area contributed by atoms with Crippen LogP contribution in [0.4, 0.5) is 5.69 Å². The number of ether oxygens (including phenoxy) is 2. The quantitative estimate of drug-likeness (QED) is 0.303. The molecule has 0 saturated heterocycles. The molecule has 1 atom stereocenters. The summed E-state index contributed by atoms with van der Waals surface area (Å²) in [5.41, 5.74) is 1.42. The molecule has 2 aromatic carbocycles. The molecular formula is C21H20ClN3O6. The molecule has 9 nitrogen and oxygen atoms in total. The predicted octanol–water partition coefficient (Wildman–Crippen LogP) is 3.73. The lowest BCUT2D eigenvalue weighted by atomic mass is 10.1. The monoisotopic (exact) mass is 445 g/mol. The van der Waals surface area contributed by atoms with Crippen molar-refractivity contribution in [2.75, 3.05) is 13.2 Å². The Labute approximate surface area is 182 Å². The topological polar surface area (TPSA) is 117 Å². The highest BCUT2D eigenvalue weighted by Crippen LogP contribution is 2.22. The molecule has 0 bridgehead atoms. The number of hydrogen-bond donors (Lipinski definition) is 1. The molecule has 0 radical (unpaired) electrons. The number of nitro benzene ring substituents is 1. The van der Waals surface area contributed by atoms with Gasteiger partial charge in [0, 0.05) is 22.7 Å². The smallest absolute Gasteiger partial charge is 0.356 e. The van der Waals surface area contributed by atoms with Crippen molar-refractivity contribution in [3.8, 4) is 17.0 Å². The highest BCUT2D eigenvalue weighted by atomic mass is 35.5. The minimum Gasteiger partial charge on any atom is -0.491 e. The van der Waals surface area contributed by atoms with Crippen molar-refractivity contribution in [3.05, 3.63) is 75.4 Å². The van der Waals surface area contributed by atoms with Gasteiger partial charge in [0.25, 0.3) is 5.69 Å². The molecule has 0 aliphatic carbocycles. The van der Waals surface area contributed by atoms with Crippen LogP contribution in [0.2, 0.25) is 5.02 Å². The average molecular weight is 446 g/mol. The molecule has 0 aliphatic heterocycles. The van der Waals surface area contributed by atoms with Crippen molar-refractivity contribution in [3.63, 3.8) is 0 Å². The molecule has 3 rings (SSSR count). The number of carbonyl (C=O) groups excluding carboxylic acids is 1. The summed E-state index contributed by atoms with van der Waals surface area (Å²) in [6.45, 7) is 1.78. The minimum absolute atomic E-state index is 0.0191. The van der Waals surface area contributed by atoms with Gasteiger partial charge in [0.2, 0.25) is 0 Å². The number of carbonyl (C=O) groups is 1. The minimum atomic E-state index is -0.999. The fraction of sp³-hybridized carbons (Fsp3) is 0.238. The van der Waals surface area contributed by atoms with Crippen molar-refractivity contribution in [2.24, 2.45) is 0 Å². The number of rotatable bonds is 9. The lowest BCUT2D eigenvalue weighted by Crippen LogP contribution is -2.26. The first-order chi connectivity index (χ1) is 14.9. The first-order valence-corrected chi connectivity index (χ1v) is 9.81. The van der Waals surface area contributed by atoms with Gasteiger partial charge in [0.15, 0.2) is 0 Å². The van der Waals surface area contributed by atoms with Gasteiger partial charge >= 0.3 is 5.97 Å². The Kier molecular flexibility index (Phi) is 7.22. The standard InChI is InChI=1S/C21H20ClN3O6/c1-2-30-21(27)20-11-19(14-3-5-15(22)6-4-14)23-24(20)12-17(26)13-31-18-9-7-16(8-10-18)25(28)29/h3-11,17,26H,2,12-13H2,1H3. The Bertz CT molecular complexity index is 1050. The van der Waals surface area contributed by atoms with Gasteiger partial charge in [-0.1, -0.05) is 23.7 Å². The van der Waals surface area contributed by atoms with Crippen molar-refractivity contribution >= 4 is 23.3 Å². The summed E-state index contributed by atoms with van der Waals surface area (Å²) in [5.74, 6) is -0.184. The zero-order chi connectivity index (χ0) is 22.4. The zero-order valence-corrected chi connectivity index (χ0v) is 17.4. The number of aliphatic hydroxyl groups excluding tert-OH is 1.